The van der Waals surface area contributed by atoms with Crippen LogP contribution in [0, 0.1) is 39.9 Å². The third kappa shape index (κ3) is 1.89. The number of carbonyl (C=O) groups is 2. The number of carboxylic acid groups (broad SMARTS) is 1. The molecule has 0 radical (unpaired) electrons. The van der Waals surface area contributed by atoms with Crippen molar-refractivity contribution in [3.05, 3.63) is 0 Å². The number of Topliss-reactive ketones (excluding diaryl/α,β-unsaturated/α-hetero) is 1. The summed E-state index contributed by atoms with van der Waals surface area (Å²) < 4.78 is 0. The molecule has 0 saturated heterocycles. The van der Waals surface area contributed by atoms with Crippen LogP contribution in [-0.2, 0) is 9.59 Å². The maximum Gasteiger partial charge on any atom is 0.306 e. The van der Waals surface area contributed by atoms with Gasteiger partial charge < -0.3 is 10.2 Å². The Morgan fingerprint density at radius 1 is 1.12 bits per heavy atom. The highest BCUT2D eigenvalue weighted by atomic mass is 16.4. The molecule has 0 aromatic heterocycles. The highest BCUT2D eigenvalue weighted by Gasteiger charge is 2.66. The number of hydrogen-bond donors (Lipinski definition) is 2. The van der Waals surface area contributed by atoms with Crippen molar-refractivity contribution in [1.29, 1.82) is 0 Å². The van der Waals surface area contributed by atoms with Crippen molar-refractivity contribution in [3.63, 3.8) is 0 Å². The zero-order valence-electron chi connectivity index (χ0n) is 14.9. The van der Waals surface area contributed by atoms with Gasteiger partial charge in [-0.2, -0.15) is 0 Å². The number of aliphatic carboxylic acids is 1. The second-order valence-corrected chi connectivity index (χ2v) is 9.70. The van der Waals surface area contributed by atoms with E-state index in [0.717, 1.165) is 44.9 Å². The van der Waals surface area contributed by atoms with Crippen LogP contribution in [0.15, 0.2) is 0 Å². The third-order valence-electron chi connectivity index (χ3n) is 8.89. The Morgan fingerprint density at radius 2 is 1.88 bits per heavy atom. The Kier molecular flexibility index (Phi) is 3.49. The minimum Gasteiger partial charge on any atom is -0.481 e. The molecule has 0 heterocycles. The number of fused-ring (bicyclic) bond motifs is 3. The summed E-state index contributed by atoms with van der Waals surface area (Å²) in [4.78, 5) is 24.3. The van der Waals surface area contributed by atoms with Crippen LogP contribution in [-0.4, -0.2) is 28.6 Å². The SMILES string of the molecule is C[C@@]12CCC(=O)[C@](C)(CO)[C@@H]1CC[C@]13C[C@H](CC[C@@H]12)[C@H](C(=O)O)C3. The Morgan fingerprint density at radius 3 is 2.54 bits per heavy atom. The van der Waals surface area contributed by atoms with E-state index in [0.29, 0.717) is 18.3 Å². The van der Waals surface area contributed by atoms with Gasteiger partial charge in [-0.3, -0.25) is 9.59 Å². The number of aliphatic hydroxyl groups excluding tert-OH is 1. The molecule has 4 saturated carbocycles. The van der Waals surface area contributed by atoms with Gasteiger partial charge in [-0.05, 0) is 73.5 Å². The number of aliphatic hydroxyl groups is 1. The van der Waals surface area contributed by atoms with Crippen molar-refractivity contribution in [2.45, 2.75) is 65.2 Å². The van der Waals surface area contributed by atoms with Gasteiger partial charge in [0.05, 0.1) is 17.9 Å². The summed E-state index contributed by atoms with van der Waals surface area (Å²) in [5.41, 5.74) is -0.355. The van der Waals surface area contributed by atoms with Gasteiger partial charge in [0, 0.05) is 6.42 Å². The average molecular weight is 334 g/mol. The van der Waals surface area contributed by atoms with Crippen LogP contribution in [0.25, 0.3) is 0 Å². The minimum absolute atomic E-state index is 0.0494. The van der Waals surface area contributed by atoms with Crippen LogP contribution in [0.3, 0.4) is 0 Å². The molecule has 4 aliphatic rings. The number of rotatable bonds is 2. The highest BCUT2D eigenvalue weighted by Crippen LogP contribution is 2.71. The summed E-state index contributed by atoms with van der Waals surface area (Å²) in [6, 6.07) is 0. The van der Waals surface area contributed by atoms with Crippen LogP contribution < -0.4 is 0 Å². The number of carboxylic acids is 1. The van der Waals surface area contributed by atoms with Gasteiger partial charge in [0.2, 0.25) is 0 Å². The summed E-state index contributed by atoms with van der Waals surface area (Å²) in [5.74, 6) is 0.573. The Hall–Kier alpha value is -0.900. The molecular weight excluding hydrogens is 304 g/mol. The number of hydrogen-bond acceptors (Lipinski definition) is 3. The highest BCUT2D eigenvalue weighted by molar-refractivity contribution is 5.86. The predicted octanol–water partition coefficient (Wildman–Crippen LogP) is 3.27. The first-order valence-corrected chi connectivity index (χ1v) is 9.64. The zero-order valence-corrected chi connectivity index (χ0v) is 14.9. The average Bonchev–Trinajstić information content (AvgIpc) is 2.82. The first-order valence-electron chi connectivity index (χ1n) is 9.64. The molecule has 4 aliphatic carbocycles. The summed E-state index contributed by atoms with van der Waals surface area (Å²) in [5, 5.41) is 19.6. The van der Waals surface area contributed by atoms with E-state index < -0.39 is 11.4 Å². The molecule has 1 spiro atoms. The van der Waals surface area contributed by atoms with E-state index in [4.69, 9.17) is 0 Å². The van der Waals surface area contributed by atoms with Crippen molar-refractivity contribution in [3.8, 4) is 0 Å². The molecule has 0 aromatic rings. The van der Waals surface area contributed by atoms with E-state index in [1.807, 2.05) is 6.92 Å². The molecule has 0 aliphatic heterocycles. The van der Waals surface area contributed by atoms with Crippen LogP contribution in [0.4, 0.5) is 0 Å². The monoisotopic (exact) mass is 334 g/mol. The van der Waals surface area contributed by atoms with Crippen LogP contribution >= 0.6 is 0 Å². The Bertz CT molecular complexity index is 586. The molecule has 0 amide bonds. The molecule has 4 nitrogen and oxygen atoms in total. The maximum atomic E-state index is 12.6. The van der Waals surface area contributed by atoms with Crippen molar-refractivity contribution in [2.75, 3.05) is 6.61 Å². The second kappa shape index (κ2) is 5.06. The smallest absolute Gasteiger partial charge is 0.306 e. The van der Waals surface area contributed by atoms with Crippen molar-refractivity contribution >= 4 is 11.8 Å². The van der Waals surface area contributed by atoms with Gasteiger partial charge in [-0.25, -0.2) is 0 Å². The van der Waals surface area contributed by atoms with E-state index in [-0.39, 0.29) is 35.1 Å². The largest absolute Gasteiger partial charge is 0.481 e. The lowest BCUT2D eigenvalue weighted by atomic mass is 9.41. The fraction of sp³-hybridized carbons (Fsp3) is 0.900. The molecule has 2 N–H and O–H groups in total. The molecular formula is C20H30O4. The van der Waals surface area contributed by atoms with Gasteiger partial charge in [0.1, 0.15) is 5.78 Å². The van der Waals surface area contributed by atoms with E-state index in [1.54, 1.807) is 0 Å². The van der Waals surface area contributed by atoms with E-state index in [2.05, 4.69) is 6.92 Å². The lowest BCUT2D eigenvalue weighted by Gasteiger charge is -2.63. The van der Waals surface area contributed by atoms with E-state index in [9.17, 15) is 19.8 Å². The quantitative estimate of drug-likeness (QED) is 0.813. The van der Waals surface area contributed by atoms with Crippen LogP contribution in [0.2, 0.25) is 0 Å². The molecule has 2 bridgehead atoms. The number of carbonyl (C=O) groups excluding carboxylic acids is 1. The van der Waals surface area contributed by atoms with Crippen molar-refractivity contribution in [2.24, 2.45) is 39.9 Å². The molecule has 134 valence electrons. The molecule has 0 unspecified atom stereocenters. The first-order chi connectivity index (χ1) is 11.3. The topological polar surface area (TPSA) is 74.6 Å². The summed E-state index contributed by atoms with van der Waals surface area (Å²) >= 11 is 0. The molecule has 24 heavy (non-hydrogen) atoms. The fourth-order valence-electron chi connectivity index (χ4n) is 7.78. The second-order valence-electron chi connectivity index (χ2n) is 9.70. The number of ketones is 1. The van der Waals surface area contributed by atoms with Gasteiger partial charge in [0.15, 0.2) is 0 Å². The van der Waals surface area contributed by atoms with Gasteiger partial charge >= 0.3 is 5.97 Å². The van der Waals surface area contributed by atoms with Crippen molar-refractivity contribution in [1.82, 2.24) is 0 Å². The summed E-state index contributed by atoms with van der Waals surface area (Å²) in [6.45, 7) is 4.26. The summed E-state index contributed by atoms with van der Waals surface area (Å²) in [6.07, 6.45) is 7.54. The molecule has 7 atom stereocenters. The first kappa shape index (κ1) is 16.6. The lowest BCUT2D eigenvalue weighted by Crippen LogP contribution is -2.60. The van der Waals surface area contributed by atoms with Gasteiger partial charge in [-0.15, -0.1) is 0 Å². The van der Waals surface area contributed by atoms with E-state index in [1.165, 1.54) is 0 Å². The molecule has 4 heteroatoms. The lowest BCUT2D eigenvalue weighted by molar-refractivity contribution is -0.173. The standard InChI is InChI=1S/C20H30O4/c1-18-7-6-16(22)19(2,11-21)14(18)5-8-20-9-12(3-4-15(18)20)13(10-20)17(23)24/h12-15,21H,3-11H2,1-2H3,(H,23,24)/t12-,13+,14+,15+,18+,19+,20+/m0/s1. The maximum absolute atomic E-state index is 12.6. The fourth-order valence-corrected chi connectivity index (χ4v) is 7.78. The third-order valence-corrected chi connectivity index (χ3v) is 8.89. The van der Waals surface area contributed by atoms with Crippen molar-refractivity contribution < 1.29 is 19.8 Å². The van der Waals surface area contributed by atoms with Crippen LogP contribution in [0.5, 0.6) is 0 Å². The predicted molar refractivity (Wildman–Crippen MR) is 89.3 cm³/mol. The Balaban J connectivity index is 1.71. The van der Waals surface area contributed by atoms with Gasteiger partial charge in [-0.1, -0.05) is 13.8 Å². The molecule has 4 fully saturated rings. The normalized spacial score (nSPS) is 53.4. The summed E-state index contributed by atoms with van der Waals surface area (Å²) in [7, 11) is 0. The minimum atomic E-state index is -0.608. The van der Waals surface area contributed by atoms with Gasteiger partial charge in [0.25, 0.3) is 0 Å². The van der Waals surface area contributed by atoms with Crippen LogP contribution in [0.1, 0.15) is 65.2 Å². The molecule has 4 rings (SSSR count). The zero-order chi connectivity index (χ0) is 17.3. The van der Waals surface area contributed by atoms with E-state index >= 15 is 0 Å². The Labute approximate surface area is 144 Å². The molecule has 0 aromatic carbocycles.